The predicted molar refractivity (Wildman–Crippen MR) is 110 cm³/mol. The van der Waals surface area contributed by atoms with Gasteiger partial charge < -0.3 is 4.74 Å². The van der Waals surface area contributed by atoms with Crippen LogP contribution in [0, 0.1) is 11.3 Å². The molecular weight excluding hydrogens is 308 g/mol. The molecule has 0 saturated heterocycles. The van der Waals surface area contributed by atoms with Gasteiger partial charge in [0.2, 0.25) is 0 Å². The standard InChI is InChI=1S/C23H40O2/c1-6-9-12-15-18-21(4)23(5,19-16-13-10-7-2)22(24)25-20-17-14-11-8-3/h9,11-14,16,21H,6-8,10,15,17-20H2,1-5H3/b12-9-,14-11-,16-13+. The van der Waals surface area contributed by atoms with Gasteiger partial charge in [-0.05, 0) is 57.8 Å². The number of hydrogen-bond donors (Lipinski definition) is 0. The molecule has 0 aliphatic carbocycles. The average molecular weight is 349 g/mol. The summed E-state index contributed by atoms with van der Waals surface area (Å²) in [6, 6.07) is 0. The minimum absolute atomic E-state index is 0.0504. The zero-order valence-corrected chi connectivity index (χ0v) is 17.2. The molecule has 0 heterocycles. The molecule has 0 amide bonds. The van der Waals surface area contributed by atoms with E-state index in [2.05, 4.69) is 71.1 Å². The maximum Gasteiger partial charge on any atom is 0.312 e. The summed E-state index contributed by atoms with van der Waals surface area (Å²) < 4.78 is 5.62. The number of esters is 1. The van der Waals surface area contributed by atoms with Crippen LogP contribution in [-0.2, 0) is 9.53 Å². The summed E-state index contributed by atoms with van der Waals surface area (Å²) in [6.07, 6.45) is 20.9. The van der Waals surface area contributed by atoms with Crippen molar-refractivity contribution in [1.29, 1.82) is 0 Å². The summed E-state index contributed by atoms with van der Waals surface area (Å²) in [5, 5.41) is 0. The molecule has 2 atom stereocenters. The second-order valence-corrected chi connectivity index (χ2v) is 7.04. The van der Waals surface area contributed by atoms with Crippen LogP contribution in [0.5, 0.6) is 0 Å². The fourth-order valence-corrected chi connectivity index (χ4v) is 2.72. The molecule has 2 unspecified atom stereocenters. The van der Waals surface area contributed by atoms with E-state index in [0.717, 1.165) is 51.4 Å². The van der Waals surface area contributed by atoms with Crippen LogP contribution in [0.1, 0.15) is 86.0 Å². The van der Waals surface area contributed by atoms with Gasteiger partial charge in [0.15, 0.2) is 0 Å². The van der Waals surface area contributed by atoms with Crippen molar-refractivity contribution in [1.82, 2.24) is 0 Å². The molecular formula is C23H40O2. The molecule has 0 fully saturated rings. The van der Waals surface area contributed by atoms with Crippen LogP contribution in [0.3, 0.4) is 0 Å². The van der Waals surface area contributed by atoms with Gasteiger partial charge in [0.25, 0.3) is 0 Å². The molecule has 2 nitrogen and oxygen atoms in total. The first kappa shape index (κ1) is 23.7. The zero-order chi connectivity index (χ0) is 19.0. The van der Waals surface area contributed by atoms with E-state index in [9.17, 15) is 4.79 Å². The number of hydrogen-bond acceptors (Lipinski definition) is 2. The maximum absolute atomic E-state index is 12.8. The molecule has 0 aliphatic rings. The Hall–Kier alpha value is -1.31. The molecule has 0 bridgehead atoms. The highest BCUT2D eigenvalue weighted by Crippen LogP contribution is 2.36. The lowest BCUT2D eigenvalue weighted by Gasteiger charge is -2.32. The predicted octanol–water partition coefficient (Wildman–Crippen LogP) is 7.02. The van der Waals surface area contributed by atoms with Crippen LogP contribution in [0.15, 0.2) is 36.5 Å². The Labute approximate surface area is 156 Å². The molecule has 25 heavy (non-hydrogen) atoms. The fourth-order valence-electron chi connectivity index (χ4n) is 2.72. The van der Waals surface area contributed by atoms with Gasteiger partial charge in [-0.15, -0.1) is 0 Å². The number of rotatable bonds is 14. The topological polar surface area (TPSA) is 26.3 Å². The van der Waals surface area contributed by atoms with Crippen LogP contribution in [0.25, 0.3) is 0 Å². The molecule has 0 aliphatic heterocycles. The number of carbonyl (C=O) groups excluding carboxylic acids is 1. The molecule has 0 saturated carbocycles. The summed E-state index contributed by atoms with van der Waals surface area (Å²) in [6.45, 7) is 11.2. The van der Waals surface area contributed by atoms with E-state index < -0.39 is 5.41 Å². The third-order valence-corrected chi connectivity index (χ3v) is 4.81. The SMILES string of the molecule is CC/C=C\CCOC(=O)C(C)(C/C=C/CCC)C(C)CC/C=C\CC. The van der Waals surface area contributed by atoms with E-state index in [1.165, 1.54) is 0 Å². The van der Waals surface area contributed by atoms with Gasteiger partial charge in [-0.2, -0.15) is 0 Å². The molecule has 0 aromatic rings. The van der Waals surface area contributed by atoms with Gasteiger partial charge in [-0.25, -0.2) is 0 Å². The van der Waals surface area contributed by atoms with Crippen molar-refractivity contribution in [2.24, 2.45) is 11.3 Å². The Morgan fingerprint density at radius 3 is 2.12 bits per heavy atom. The monoisotopic (exact) mass is 348 g/mol. The summed E-state index contributed by atoms with van der Waals surface area (Å²) in [7, 11) is 0. The van der Waals surface area contributed by atoms with Crippen molar-refractivity contribution >= 4 is 5.97 Å². The summed E-state index contributed by atoms with van der Waals surface area (Å²) in [5.74, 6) is 0.240. The highest BCUT2D eigenvalue weighted by Gasteiger charge is 2.38. The van der Waals surface area contributed by atoms with Crippen molar-refractivity contribution in [3.8, 4) is 0 Å². The highest BCUT2D eigenvalue weighted by atomic mass is 16.5. The second kappa shape index (κ2) is 15.0. The van der Waals surface area contributed by atoms with Gasteiger partial charge in [0, 0.05) is 0 Å². The van der Waals surface area contributed by atoms with E-state index >= 15 is 0 Å². The number of carbonyl (C=O) groups is 1. The Kier molecular flexibility index (Phi) is 14.2. The number of unbranched alkanes of at least 4 members (excludes halogenated alkanes) is 1. The normalized spacial score (nSPS) is 15.9. The van der Waals surface area contributed by atoms with Gasteiger partial charge in [0.1, 0.15) is 0 Å². The third kappa shape index (κ3) is 10.3. The van der Waals surface area contributed by atoms with E-state index in [4.69, 9.17) is 4.74 Å². The molecule has 0 radical (unpaired) electrons. The lowest BCUT2D eigenvalue weighted by molar-refractivity contribution is -0.158. The van der Waals surface area contributed by atoms with Crippen molar-refractivity contribution in [2.45, 2.75) is 86.0 Å². The van der Waals surface area contributed by atoms with Gasteiger partial charge >= 0.3 is 5.97 Å². The molecule has 0 N–H and O–H groups in total. The van der Waals surface area contributed by atoms with Crippen molar-refractivity contribution < 1.29 is 9.53 Å². The molecule has 144 valence electrons. The second-order valence-electron chi connectivity index (χ2n) is 7.04. The smallest absolute Gasteiger partial charge is 0.312 e. The number of ether oxygens (including phenoxy) is 1. The maximum atomic E-state index is 12.8. The molecule has 0 aromatic heterocycles. The molecule has 0 aromatic carbocycles. The van der Waals surface area contributed by atoms with Crippen molar-refractivity contribution in [3.63, 3.8) is 0 Å². The summed E-state index contributed by atoms with van der Waals surface area (Å²) in [5.41, 5.74) is -0.446. The van der Waals surface area contributed by atoms with E-state index in [1.807, 2.05) is 0 Å². The minimum atomic E-state index is -0.446. The average Bonchev–Trinajstić information content (AvgIpc) is 2.61. The Bertz CT molecular complexity index is 420. The quantitative estimate of drug-likeness (QED) is 0.191. The third-order valence-electron chi connectivity index (χ3n) is 4.81. The Morgan fingerprint density at radius 2 is 1.52 bits per heavy atom. The van der Waals surface area contributed by atoms with Crippen LogP contribution < -0.4 is 0 Å². The highest BCUT2D eigenvalue weighted by molar-refractivity contribution is 5.77. The first-order valence-corrected chi connectivity index (χ1v) is 10.1. The Balaban J connectivity index is 4.81. The number of allylic oxidation sites excluding steroid dienone is 5. The van der Waals surface area contributed by atoms with Gasteiger partial charge in [-0.1, -0.05) is 70.6 Å². The van der Waals surface area contributed by atoms with Crippen LogP contribution in [0.2, 0.25) is 0 Å². The molecule has 0 spiro atoms. The fraction of sp³-hybridized carbons (Fsp3) is 0.696. The molecule has 2 heteroatoms. The Morgan fingerprint density at radius 1 is 0.920 bits per heavy atom. The molecule has 0 rings (SSSR count). The van der Waals surface area contributed by atoms with E-state index in [-0.39, 0.29) is 5.97 Å². The van der Waals surface area contributed by atoms with Crippen LogP contribution in [0.4, 0.5) is 0 Å². The lowest BCUT2D eigenvalue weighted by Crippen LogP contribution is -2.36. The minimum Gasteiger partial charge on any atom is -0.465 e. The first-order valence-electron chi connectivity index (χ1n) is 10.1. The first-order chi connectivity index (χ1) is 12.0. The van der Waals surface area contributed by atoms with Gasteiger partial charge in [-0.3, -0.25) is 4.79 Å². The lowest BCUT2D eigenvalue weighted by atomic mass is 9.73. The summed E-state index contributed by atoms with van der Waals surface area (Å²) in [4.78, 5) is 12.8. The van der Waals surface area contributed by atoms with Gasteiger partial charge in [0.05, 0.1) is 12.0 Å². The summed E-state index contributed by atoms with van der Waals surface area (Å²) >= 11 is 0. The van der Waals surface area contributed by atoms with Crippen molar-refractivity contribution in [2.75, 3.05) is 6.61 Å². The van der Waals surface area contributed by atoms with Crippen LogP contribution in [-0.4, -0.2) is 12.6 Å². The van der Waals surface area contributed by atoms with Crippen molar-refractivity contribution in [3.05, 3.63) is 36.5 Å². The largest absolute Gasteiger partial charge is 0.465 e. The van der Waals surface area contributed by atoms with E-state index in [1.54, 1.807) is 0 Å². The van der Waals surface area contributed by atoms with E-state index in [0.29, 0.717) is 12.5 Å². The zero-order valence-electron chi connectivity index (χ0n) is 17.2. The van der Waals surface area contributed by atoms with Crippen LogP contribution >= 0.6 is 0 Å².